The lowest BCUT2D eigenvalue weighted by Crippen LogP contribution is -2.21. The molecule has 5 heteroatoms. The molecule has 0 aliphatic rings. The Bertz CT molecular complexity index is 335. The number of anilines is 1. The predicted octanol–water partition coefficient (Wildman–Crippen LogP) is 4.23. The first-order valence-electron chi connectivity index (χ1n) is 6.05. The lowest BCUT2D eigenvalue weighted by molar-refractivity contribution is -0.115. The molecule has 0 bridgehead atoms. The first kappa shape index (κ1) is 14.7. The maximum atomic E-state index is 12.0. The highest BCUT2D eigenvalue weighted by molar-refractivity contribution is 5.46. The highest BCUT2D eigenvalue weighted by Crippen LogP contribution is 2.19. The van der Waals surface area contributed by atoms with Crippen LogP contribution in [0.1, 0.15) is 26.2 Å². The van der Waals surface area contributed by atoms with E-state index in [1.807, 2.05) is 0 Å². The number of alkyl halides is 3. The van der Waals surface area contributed by atoms with Crippen molar-refractivity contribution in [1.82, 2.24) is 0 Å². The van der Waals surface area contributed by atoms with Crippen molar-refractivity contribution in [3.8, 4) is 5.75 Å². The molecule has 1 aromatic rings. The van der Waals surface area contributed by atoms with E-state index in [4.69, 9.17) is 4.74 Å². The van der Waals surface area contributed by atoms with E-state index >= 15 is 0 Å². The fourth-order valence-electron chi connectivity index (χ4n) is 1.41. The van der Waals surface area contributed by atoms with Gasteiger partial charge in [-0.25, -0.2) is 0 Å². The molecular weight excluding hydrogens is 243 g/mol. The van der Waals surface area contributed by atoms with Gasteiger partial charge < -0.3 is 10.1 Å². The van der Waals surface area contributed by atoms with Crippen molar-refractivity contribution in [3.63, 3.8) is 0 Å². The molecule has 18 heavy (non-hydrogen) atoms. The van der Waals surface area contributed by atoms with Crippen LogP contribution in [0.5, 0.6) is 5.75 Å². The van der Waals surface area contributed by atoms with Gasteiger partial charge in [-0.1, -0.05) is 19.8 Å². The van der Waals surface area contributed by atoms with Crippen LogP contribution in [-0.2, 0) is 0 Å². The van der Waals surface area contributed by atoms with Crippen LogP contribution >= 0.6 is 0 Å². The number of unbranched alkanes of at least 4 members (excludes halogenated alkanes) is 2. The summed E-state index contributed by atoms with van der Waals surface area (Å²) < 4.78 is 41.4. The highest BCUT2D eigenvalue weighted by atomic mass is 19.4. The molecule has 2 nitrogen and oxygen atoms in total. The molecule has 0 aliphatic heterocycles. The van der Waals surface area contributed by atoms with Gasteiger partial charge in [0.25, 0.3) is 0 Å². The minimum atomic E-state index is -4.20. The monoisotopic (exact) mass is 261 g/mol. The fourth-order valence-corrected chi connectivity index (χ4v) is 1.41. The quantitative estimate of drug-likeness (QED) is 0.742. The third-order valence-electron chi connectivity index (χ3n) is 2.36. The second-order valence-corrected chi connectivity index (χ2v) is 4.05. The van der Waals surface area contributed by atoms with Crippen LogP contribution in [0.25, 0.3) is 0 Å². The van der Waals surface area contributed by atoms with E-state index in [2.05, 4.69) is 12.2 Å². The summed E-state index contributed by atoms with van der Waals surface area (Å²) in [5, 5.41) is 2.31. The summed E-state index contributed by atoms with van der Waals surface area (Å²) in [7, 11) is 0. The number of rotatable bonds is 7. The van der Waals surface area contributed by atoms with Crippen LogP contribution in [0, 0.1) is 0 Å². The molecule has 0 saturated heterocycles. The van der Waals surface area contributed by atoms with Crippen molar-refractivity contribution in [2.45, 2.75) is 32.4 Å². The van der Waals surface area contributed by atoms with E-state index in [1.165, 1.54) is 0 Å². The Kier molecular flexibility index (Phi) is 5.82. The molecule has 0 unspecified atom stereocenters. The molecule has 0 aromatic heterocycles. The van der Waals surface area contributed by atoms with E-state index in [0.717, 1.165) is 19.3 Å². The molecule has 0 radical (unpaired) electrons. The Balaban J connectivity index is 2.33. The van der Waals surface area contributed by atoms with Gasteiger partial charge in [-0.05, 0) is 30.7 Å². The minimum Gasteiger partial charge on any atom is -0.494 e. The van der Waals surface area contributed by atoms with Crippen molar-refractivity contribution in [3.05, 3.63) is 24.3 Å². The van der Waals surface area contributed by atoms with Crippen LogP contribution in [-0.4, -0.2) is 19.3 Å². The van der Waals surface area contributed by atoms with Crippen LogP contribution in [0.15, 0.2) is 24.3 Å². The van der Waals surface area contributed by atoms with Crippen molar-refractivity contribution in [2.75, 3.05) is 18.5 Å². The van der Waals surface area contributed by atoms with E-state index in [1.54, 1.807) is 24.3 Å². The molecule has 1 N–H and O–H groups in total. The smallest absolute Gasteiger partial charge is 0.405 e. The van der Waals surface area contributed by atoms with Gasteiger partial charge in [-0.3, -0.25) is 0 Å². The minimum absolute atomic E-state index is 0.438. The molecule has 1 rings (SSSR count). The fraction of sp³-hybridized carbons (Fsp3) is 0.538. The Morgan fingerprint density at radius 3 is 2.33 bits per heavy atom. The Hall–Kier alpha value is -1.39. The third kappa shape index (κ3) is 6.37. The topological polar surface area (TPSA) is 21.3 Å². The molecule has 0 amide bonds. The summed E-state index contributed by atoms with van der Waals surface area (Å²) in [6.07, 6.45) is -0.964. The zero-order chi connectivity index (χ0) is 13.4. The lowest BCUT2D eigenvalue weighted by Gasteiger charge is -2.10. The molecule has 0 fully saturated rings. The summed E-state index contributed by atoms with van der Waals surface area (Å²) in [6, 6.07) is 6.51. The van der Waals surface area contributed by atoms with E-state index in [0.29, 0.717) is 18.0 Å². The van der Waals surface area contributed by atoms with Crippen LogP contribution in [0.4, 0.5) is 18.9 Å². The van der Waals surface area contributed by atoms with Crippen molar-refractivity contribution in [2.24, 2.45) is 0 Å². The Labute approximate surface area is 105 Å². The summed E-state index contributed by atoms with van der Waals surface area (Å²) in [4.78, 5) is 0. The first-order chi connectivity index (χ1) is 8.51. The van der Waals surface area contributed by atoms with Crippen molar-refractivity contribution >= 4 is 5.69 Å². The molecule has 0 heterocycles. The number of ether oxygens (including phenoxy) is 1. The van der Waals surface area contributed by atoms with Crippen LogP contribution in [0.3, 0.4) is 0 Å². The van der Waals surface area contributed by atoms with Crippen LogP contribution in [0.2, 0.25) is 0 Å². The molecule has 0 aliphatic carbocycles. The average Bonchev–Trinajstić information content (AvgIpc) is 2.33. The predicted molar refractivity (Wildman–Crippen MR) is 66.0 cm³/mol. The van der Waals surface area contributed by atoms with Crippen molar-refractivity contribution < 1.29 is 17.9 Å². The molecule has 0 spiro atoms. The maximum absolute atomic E-state index is 12.0. The number of halogens is 3. The summed E-state index contributed by atoms with van der Waals surface area (Å²) in [6.45, 7) is 1.73. The van der Waals surface area contributed by atoms with Gasteiger partial charge >= 0.3 is 6.18 Å². The number of hydrogen-bond acceptors (Lipinski definition) is 2. The second kappa shape index (κ2) is 7.13. The molecule has 0 atom stereocenters. The van der Waals surface area contributed by atoms with Crippen LogP contribution < -0.4 is 10.1 Å². The molecule has 0 saturated carbocycles. The van der Waals surface area contributed by atoms with Crippen molar-refractivity contribution in [1.29, 1.82) is 0 Å². The summed E-state index contributed by atoms with van der Waals surface area (Å²) in [5.74, 6) is 0.684. The molecular formula is C13H18F3NO. The van der Waals surface area contributed by atoms with E-state index in [-0.39, 0.29) is 0 Å². The zero-order valence-electron chi connectivity index (χ0n) is 10.4. The maximum Gasteiger partial charge on any atom is 0.405 e. The second-order valence-electron chi connectivity index (χ2n) is 4.05. The van der Waals surface area contributed by atoms with E-state index < -0.39 is 12.7 Å². The Morgan fingerprint density at radius 2 is 1.78 bits per heavy atom. The normalized spacial score (nSPS) is 11.3. The zero-order valence-corrected chi connectivity index (χ0v) is 10.4. The Morgan fingerprint density at radius 1 is 1.11 bits per heavy atom. The van der Waals surface area contributed by atoms with Gasteiger partial charge in [0.1, 0.15) is 12.3 Å². The summed E-state index contributed by atoms with van der Waals surface area (Å²) in [5.41, 5.74) is 0.438. The lowest BCUT2D eigenvalue weighted by atomic mass is 10.2. The standard InChI is InChI=1S/C13H18F3NO/c1-2-3-4-9-18-12-7-5-11(6-8-12)17-10-13(14,15)16/h5-8,17H,2-4,9-10H2,1H3. The van der Waals surface area contributed by atoms with Gasteiger partial charge in [-0.15, -0.1) is 0 Å². The molecule has 1 aromatic carbocycles. The van der Waals surface area contributed by atoms with Gasteiger partial charge in [0.15, 0.2) is 0 Å². The summed E-state index contributed by atoms with van der Waals surface area (Å²) >= 11 is 0. The average molecular weight is 261 g/mol. The van der Waals surface area contributed by atoms with Gasteiger partial charge in [-0.2, -0.15) is 13.2 Å². The van der Waals surface area contributed by atoms with Gasteiger partial charge in [0.2, 0.25) is 0 Å². The SMILES string of the molecule is CCCCCOc1ccc(NCC(F)(F)F)cc1. The number of benzene rings is 1. The number of nitrogens with one attached hydrogen (secondary N) is 1. The molecule has 102 valence electrons. The number of hydrogen-bond donors (Lipinski definition) is 1. The largest absolute Gasteiger partial charge is 0.494 e. The van der Waals surface area contributed by atoms with Gasteiger partial charge in [0, 0.05) is 5.69 Å². The third-order valence-corrected chi connectivity index (χ3v) is 2.36. The first-order valence-corrected chi connectivity index (χ1v) is 6.05. The highest BCUT2D eigenvalue weighted by Gasteiger charge is 2.26. The van der Waals surface area contributed by atoms with Gasteiger partial charge in [0.05, 0.1) is 6.61 Å². The van der Waals surface area contributed by atoms with E-state index in [9.17, 15) is 13.2 Å².